The molecule has 0 saturated carbocycles. The lowest BCUT2D eigenvalue weighted by Gasteiger charge is -2.40. The quantitative estimate of drug-likeness (QED) is 0.801. The summed E-state index contributed by atoms with van der Waals surface area (Å²) in [4.78, 5) is 13.8. The summed E-state index contributed by atoms with van der Waals surface area (Å²) in [5.74, 6) is 1.85. The number of hydrogen-bond donors (Lipinski definition) is 1. The van der Waals surface area contributed by atoms with Gasteiger partial charge in [-0.1, -0.05) is 30.3 Å². The van der Waals surface area contributed by atoms with Crippen molar-refractivity contribution >= 4 is 17.6 Å². The van der Waals surface area contributed by atoms with Crippen molar-refractivity contribution in [3.05, 3.63) is 48.3 Å². The molecule has 0 bridgehead atoms. The normalized spacial score (nSPS) is 19.8. The van der Waals surface area contributed by atoms with E-state index in [1.54, 1.807) is 11.8 Å². The fourth-order valence-corrected chi connectivity index (χ4v) is 3.91. The van der Waals surface area contributed by atoms with Crippen LogP contribution < -0.4 is 4.90 Å². The van der Waals surface area contributed by atoms with Gasteiger partial charge in [-0.05, 0) is 19.4 Å². The summed E-state index contributed by atoms with van der Waals surface area (Å²) in [6, 6.07) is 10.8. The maximum atomic E-state index is 9.61. The zero-order valence-corrected chi connectivity index (χ0v) is 15.7. The maximum Gasteiger partial charge on any atom is 0.148 e. The van der Waals surface area contributed by atoms with Crippen molar-refractivity contribution in [1.82, 2.24) is 14.9 Å². The lowest BCUT2D eigenvalue weighted by atomic mass is 10.1. The summed E-state index contributed by atoms with van der Waals surface area (Å²) in [6.07, 6.45) is 3.40. The molecule has 134 valence electrons. The van der Waals surface area contributed by atoms with Gasteiger partial charge < -0.3 is 10.0 Å². The molecule has 2 unspecified atom stereocenters. The highest BCUT2D eigenvalue weighted by atomic mass is 32.2. The highest BCUT2D eigenvalue weighted by Gasteiger charge is 2.25. The number of benzene rings is 1. The minimum atomic E-state index is -0.286. The van der Waals surface area contributed by atoms with Crippen LogP contribution in [0.2, 0.25) is 0 Å². The van der Waals surface area contributed by atoms with Crippen molar-refractivity contribution in [2.24, 2.45) is 0 Å². The van der Waals surface area contributed by atoms with Crippen LogP contribution in [-0.4, -0.2) is 58.3 Å². The van der Waals surface area contributed by atoms with Gasteiger partial charge in [-0.2, -0.15) is 0 Å². The smallest absolute Gasteiger partial charge is 0.148 e. The number of thioether (sulfide) groups is 1. The first kappa shape index (κ1) is 18.2. The van der Waals surface area contributed by atoms with E-state index in [-0.39, 0.29) is 6.10 Å². The van der Waals surface area contributed by atoms with Crippen molar-refractivity contribution < 1.29 is 5.11 Å². The molecule has 0 aliphatic carbocycles. The van der Waals surface area contributed by atoms with E-state index in [2.05, 4.69) is 46.0 Å². The lowest BCUT2D eigenvalue weighted by Crippen LogP contribution is -2.53. The number of aliphatic hydroxyl groups is 1. The van der Waals surface area contributed by atoms with Gasteiger partial charge in [0.2, 0.25) is 0 Å². The third-order valence-electron chi connectivity index (χ3n) is 4.42. The second kappa shape index (κ2) is 8.65. The van der Waals surface area contributed by atoms with Crippen molar-refractivity contribution in [2.45, 2.75) is 36.8 Å². The van der Waals surface area contributed by atoms with Gasteiger partial charge in [-0.3, -0.25) is 9.88 Å². The SMILES string of the molecule is CC(O)CN1CCN(c2cncc(SCc3ccccc3)n2)CC1C. The third kappa shape index (κ3) is 5.17. The molecule has 25 heavy (non-hydrogen) atoms. The Balaban J connectivity index is 1.60. The first-order valence-corrected chi connectivity index (χ1v) is 9.76. The summed E-state index contributed by atoms with van der Waals surface area (Å²) in [5.41, 5.74) is 1.29. The Hall–Kier alpha value is -1.63. The lowest BCUT2D eigenvalue weighted by molar-refractivity contribution is 0.0958. The van der Waals surface area contributed by atoms with E-state index < -0.39 is 0 Å². The molecule has 1 aromatic carbocycles. The Morgan fingerprint density at radius 1 is 1.24 bits per heavy atom. The molecular formula is C19H26N4OS. The van der Waals surface area contributed by atoms with Crippen molar-refractivity contribution in [2.75, 3.05) is 31.1 Å². The molecule has 1 aliphatic heterocycles. The van der Waals surface area contributed by atoms with E-state index in [9.17, 15) is 5.11 Å². The van der Waals surface area contributed by atoms with Gasteiger partial charge in [0.05, 0.1) is 18.5 Å². The molecule has 1 fully saturated rings. The van der Waals surface area contributed by atoms with Crippen LogP contribution in [0, 0.1) is 0 Å². The molecule has 1 saturated heterocycles. The molecule has 1 aromatic heterocycles. The number of nitrogens with zero attached hydrogens (tertiary/aromatic N) is 4. The first-order chi connectivity index (χ1) is 12.1. The monoisotopic (exact) mass is 358 g/mol. The van der Waals surface area contributed by atoms with Gasteiger partial charge in [0.15, 0.2) is 0 Å². The predicted octanol–water partition coefficient (Wildman–Crippen LogP) is 2.66. The molecule has 2 aromatic rings. The Morgan fingerprint density at radius 2 is 2.04 bits per heavy atom. The van der Waals surface area contributed by atoms with Crippen molar-refractivity contribution in [3.63, 3.8) is 0 Å². The van der Waals surface area contributed by atoms with E-state index in [1.165, 1.54) is 5.56 Å². The predicted molar refractivity (Wildman–Crippen MR) is 103 cm³/mol. The Bertz CT molecular complexity index is 667. The number of aromatic nitrogens is 2. The molecule has 1 aliphatic rings. The van der Waals surface area contributed by atoms with Gasteiger partial charge in [0.1, 0.15) is 10.8 Å². The molecule has 2 heterocycles. The number of aliphatic hydroxyl groups excluding tert-OH is 1. The minimum Gasteiger partial charge on any atom is -0.392 e. The largest absolute Gasteiger partial charge is 0.392 e. The van der Waals surface area contributed by atoms with Gasteiger partial charge in [0.25, 0.3) is 0 Å². The molecule has 0 radical (unpaired) electrons. The Labute approximate surface area is 154 Å². The van der Waals surface area contributed by atoms with Crippen LogP contribution in [-0.2, 0) is 5.75 Å². The van der Waals surface area contributed by atoms with Gasteiger partial charge >= 0.3 is 0 Å². The second-order valence-electron chi connectivity index (χ2n) is 6.63. The Kier molecular flexibility index (Phi) is 6.29. The Morgan fingerprint density at radius 3 is 2.76 bits per heavy atom. The molecule has 3 rings (SSSR count). The summed E-state index contributed by atoms with van der Waals surface area (Å²) < 4.78 is 0. The molecule has 5 nitrogen and oxygen atoms in total. The van der Waals surface area contributed by atoms with E-state index in [1.807, 2.05) is 25.4 Å². The van der Waals surface area contributed by atoms with Crippen LogP contribution in [0.4, 0.5) is 5.82 Å². The maximum absolute atomic E-state index is 9.61. The van der Waals surface area contributed by atoms with Gasteiger partial charge in [-0.25, -0.2) is 4.98 Å². The zero-order valence-electron chi connectivity index (χ0n) is 14.9. The summed E-state index contributed by atoms with van der Waals surface area (Å²) in [6.45, 7) is 7.55. The highest BCUT2D eigenvalue weighted by molar-refractivity contribution is 7.98. The summed E-state index contributed by atoms with van der Waals surface area (Å²) in [5, 5.41) is 10.6. The number of anilines is 1. The first-order valence-electron chi connectivity index (χ1n) is 8.77. The number of piperazine rings is 1. The average Bonchev–Trinajstić information content (AvgIpc) is 2.62. The second-order valence-corrected chi connectivity index (χ2v) is 7.62. The third-order valence-corrected chi connectivity index (χ3v) is 5.39. The average molecular weight is 359 g/mol. The standard InChI is InChI=1S/C19H26N4OS/c1-15-12-23(9-8-22(15)13-16(2)24)18-10-20-11-19(21-18)25-14-17-6-4-3-5-7-17/h3-7,10-11,15-16,24H,8-9,12-14H2,1-2H3. The number of hydrogen-bond acceptors (Lipinski definition) is 6. The van der Waals surface area contributed by atoms with E-state index in [0.29, 0.717) is 6.04 Å². The van der Waals surface area contributed by atoms with Gasteiger partial charge in [0, 0.05) is 38.0 Å². The van der Waals surface area contributed by atoms with Crippen LogP contribution in [0.5, 0.6) is 0 Å². The van der Waals surface area contributed by atoms with E-state index in [4.69, 9.17) is 4.98 Å². The molecule has 1 N–H and O–H groups in total. The van der Waals surface area contributed by atoms with Crippen molar-refractivity contribution in [3.8, 4) is 0 Å². The topological polar surface area (TPSA) is 52.5 Å². The molecule has 0 amide bonds. The molecule has 0 spiro atoms. The van der Waals surface area contributed by atoms with E-state index in [0.717, 1.165) is 42.8 Å². The van der Waals surface area contributed by atoms with Crippen molar-refractivity contribution in [1.29, 1.82) is 0 Å². The van der Waals surface area contributed by atoms with Gasteiger partial charge in [-0.15, -0.1) is 11.8 Å². The van der Waals surface area contributed by atoms with Crippen LogP contribution in [0.1, 0.15) is 19.4 Å². The zero-order chi connectivity index (χ0) is 17.6. The highest BCUT2D eigenvalue weighted by Crippen LogP contribution is 2.23. The van der Waals surface area contributed by atoms with Crippen LogP contribution in [0.25, 0.3) is 0 Å². The minimum absolute atomic E-state index is 0.286. The molecule has 6 heteroatoms. The molecular weight excluding hydrogens is 332 g/mol. The van der Waals surface area contributed by atoms with Crippen LogP contribution in [0.3, 0.4) is 0 Å². The number of β-amino-alcohol motifs (C(OH)–C–C–N with tert-alkyl or cyclic N) is 1. The van der Waals surface area contributed by atoms with Crippen LogP contribution in [0.15, 0.2) is 47.8 Å². The fraction of sp³-hybridized carbons (Fsp3) is 0.474. The molecule has 2 atom stereocenters. The summed E-state index contributed by atoms with van der Waals surface area (Å²) >= 11 is 1.72. The number of rotatable bonds is 6. The fourth-order valence-electron chi connectivity index (χ4n) is 3.11. The summed E-state index contributed by atoms with van der Waals surface area (Å²) in [7, 11) is 0. The van der Waals surface area contributed by atoms with E-state index >= 15 is 0 Å². The van der Waals surface area contributed by atoms with Crippen LogP contribution >= 0.6 is 11.8 Å².